The maximum absolute atomic E-state index is 13.2. The van der Waals surface area contributed by atoms with E-state index in [-0.39, 0.29) is 4.90 Å². The maximum Gasteiger partial charge on any atom is 0.267 e. The van der Waals surface area contributed by atoms with E-state index in [1.165, 1.54) is 10.4 Å². The predicted octanol–water partition coefficient (Wildman–Crippen LogP) is 3.42. The van der Waals surface area contributed by atoms with E-state index in [2.05, 4.69) is 4.90 Å². The monoisotopic (exact) mass is 449 g/mol. The minimum Gasteiger partial charge on any atom is -0.364 e. The van der Waals surface area contributed by atoms with Crippen molar-refractivity contribution in [3.8, 4) is 0 Å². The molecule has 0 fully saturated rings. The number of amides is 1. The maximum atomic E-state index is 13.2. The first-order chi connectivity index (χ1) is 15.5. The molecule has 0 radical (unpaired) electrons. The van der Waals surface area contributed by atoms with Crippen molar-refractivity contribution in [3.05, 3.63) is 96.1 Å². The molecule has 164 valence electrons. The van der Waals surface area contributed by atoms with Gasteiger partial charge >= 0.3 is 0 Å². The van der Waals surface area contributed by atoms with Gasteiger partial charge in [0.2, 0.25) is 0 Å². The number of hydrogen-bond acceptors (Lipinski definition) is 5. The standard InChI is InChI=1S/C24H23N3O4S/c28-24(25-29)15-14-19-10-12-20(13-11-19)18-26-16-17-27(23-9-5-4-8-22(23)26)32(30,31)21-6-2-1-3-7-21/h1-15,29H,16-18H2,(H,25,28). The third-order valence-electron chi connectivity index (χ3n) is 5.29. The van der Waals surface area contributed by atoms with Gasteiger partial charge in [-0.25, -0.2) is 13.9 Å². The van der Waals surface area contributed by atoms with Crippen LogP contribution in [0.15, 0.2) is 89.8 Å². The molecule has 0 aromatic heterocycles. The first-order valence-corrected chi connectivity index (χ1v) is 11.6. The summed E-state index contributed by atoms with van der Waals surface area (Å²) in [6, 6.07) is 23.7. The van der Waals surface area contributed by atoms with Gasteiger partial charge in [0.15, 0.2) is 0 Å². The van der Waals surface area contributed by atoms with Gasteiger partial charge in [0.05, 0.1) is 22.8 Å². The summed E-state index contributed by atoms with van der Waals surface area (Å²) in [4.78, 5) is 13.6. The Hall–Kier alpha value is -3.62. The summed E-state index contributed by atoms with van der Waals surface area (Å²) in [6.45, 7) is 1.53. The highest BCUT2D eigenvalue weighted by Gasteiger charge is 2.31. The lowest BCUT2D eigenvalue weighted by molar-refractivity contribution is -0.124. The zero-order valence-corrected chi connectivity index (χ0v) is 18.1. The van der Waals surface area contributed by atoms with Crippen LogP contribution in [0.25, 0.3) is 6.08 Å². The molecule has 4 rings (SSSR count). The Morgan fingerprint density at radius 1 is 0.906 bits per heavy atom. The Balaban J connectivity index is 1.56. The molecule has 0 unspecified atom stereocenters. The molecule has 32 heavy (non-hydrogen) atoms. The van der Waals surface area contributed by atoms with E-state index in [9.17, 15) is 13.2 Å². The molecule has 8 heteroatoms. The largest absolute Gasteiger partial charge is 0.364 e. The Kier molecular flexibility index (Phi) is 6.25. The average Bonchev–Trinajstić information content (AvgIpc) is 2.84. The highest BCUT2D eigenvalue weighted by atomic mass is 32.2. The van der Waals surface area contributed by atoms with E-state index in [1.807, 2.05) is 48.5 Å². The molecule has 1 aliphatic heterocycles. The predicted molar refractivity (Wildman–Crippen MR) is 124 cm³/mol. The summed E-state index contributed by atoms with van der Waals surface area (Å²) in [7, 11) is -3.64. The Labute approximate surface area is 187 Å². The number of anilines is 2. The molecule has 3 aromatic rings. The van der Waals surface area contributed by atoms with Gasteiger partial charge < -0.3 is 4.90 Å². The minimum atomic E-state index is -3.64. The molecule has 7 nitrogen and oxygen atoms in total. The van der Waals surface area contributed by atoms with E-state index in [4.69, 9.17) is 5.21 Å². The van der Waals surface area contributed by atoms with Crippen LogP contribution in [-0.4, -0.2) is 32.6 Å². The summed E-state index contributed by atoms with van der Waals surface area (Å²) in [5, 5.41) is 8.56. The number of carbonyl (C=O) groups is 1. The first kappa shape index (κ1) is 21.6. The van der Waals surface area contributed by atoms with Gasteiger partial charge in [0.25, 0.3) is 15.9 Å². The molecule has 1 amide bonds. The second kappa shape index (κ2) is 9.25. The minimum absolute atomic E-state index is 0.279. The van der Waals surface area contributed by atoms with Crippen LogP contribution < -0.4 is 14.7 Å². The van der Waals surface area contributed by atoms with Gasteiger partial charge in [0.1, 0.15) is 0 Å². The third-order valence-corrected chi connectivity index (χ3v) is 7.11. The van der Waals surface area contributed by atoms with Gasteiger partial charge in [-0.3, -0.25) is 14.3 Å². The van der Waals surface area contributed by atoms with Crippen LogP contribution in [-0.2, 0) is 21.4 Å². The number of rotatable bonds is 6. The lowest BCUT2D eigenvalue weighted by atomic mass is 10.1. The van der Waals surface area contributed by atoms with Crippen molar-refractivity contribution >= 4 is 33.4 Å². The van der Waals surface area contributed by atoms with Crippen molar-refractivity contribution < 1.29 is 18.4 Å². The third kappa shape index (κ3) is 4.51. The Morgan fingerprint density at radius 2 is 1.56 bits per heavy atom. The zero-order chi connectivity index (χ0) is 22.6. The SMILES string of the molecule is O=C(C=Cc1ccc(CN2CCN(S(=O)(=O)c3ccccc3)c3ccccc32)cc1)NO. The van der Waals surface area contributed by atoms with E-state index in [0.717, 1.165) is 16.8 Å². The van der Waals surface area contributed by atoms with Crippen molar-refractivity contribution in [1.29, 1.82) is 0 Å². The smallest absolute Gasteiger partial charge is 0.267 e. The molecule has 0 saturated carbocycles. The molecule has 0 atom stereocenters. The van der Waals surface area contributed by atoms with Crippen LogP contribution in [0.2, 0.25) is 0 Å². The fraction of sp³-hybridized carbons (Fsp3) is 0.125. The molecular formula is C24H23N3O4S. The summed E-state index contributed by atoms with van der Waals surface area (Å²) < 4.78 is 28.0. The molecule has 3 aromatic carbocycles. The quantitative estimate of drug-likeness (QED) is 0.342. The molecule has 2 N–H and O–H groups in total. The first-order valence-electron chi connectivity index (χ1n) is 10.1. The molecule has 1 heterocycles. The number of hydrogen-bond donors (Lipinski definition) is 2. The van der Waals surface area contributed by atoms with Crippen molar-refractivity contribution in [2.45, 2.75) is 11.4 Å². The van der Waals surface area contributed by atoms with Crippen molar-refractivity contribution in [2.24, 2.45) is 0 Å². The van der Waals surface area contributed by atoms with Gasteiger partial charge in [-0.1, -0.05) is 54.6 Å². The van der Waals surface area contributed by atoms with Gasteiger partial charge in [-0.2, -0.15) is 0 Å². The number of carbonyl (C=O) groups excluding carboxylic acids is 1. The Morgan fingerprint density at radius 3 is 2.25 bits per heavy atom. The van der Waals surface area contributed by atoms with Crippen molar-refractivity contribution in [3.63, 3.8) is 0 Å². The molecular weight excluding hydrogens is 426 g/mol. The molecule has 0 saturated heterocycles. The van der Waals surface area contributed by atoms with E-state index < -0.39 is 15.9 Å². The average molecular weight is 450 g/mol. The summed E-state index contributed by atoms with van der Waals surface area (Å²) in [5.74, 6) is -0.589. The Bertz CT molecular complexity index is 1230. The summed E-state index contributed by atoms with van der Waals surface area (Å²) in [6.07, 6.45) is 2.86. The van der Waals surface area contributed by atoms with Crippen LogP contribution in [0, 0.1) is 0 Å². The van der Waals surface area contributed by atoms with Crippen LogP contribution in [0.3, 0.4) is 0 Å². The summed E-state index contributed by atoms with van der Waals surface area (Å²) >= 11 is 0. The highest BCUT2D eigenvalue weighted by molar-refractivity contribution is 7.92. The number of nitrogens with one attached hydrogen (secondary N) is 1. The fourth-order valence-corrected chi connectivity index (χ4v) is 5.18. The molecule has 1 aliphatic rings. The lowest BCUT2D eigenvalue weighted by Gasteiger charge is -2.38. The number of benzene rings is 3. The topological polar surface area (TPSA) is 90.0 Å². The number of para-hydroxylation sites is 2. The second-order valence-electron chi connectivity index (χ2n) is 7.35. The van der Waals surface area contributed by atoms with E-state index in [1.54, 1.807) is 41.9 Å². The van der Waals surface area contributed by atoms with Crippen molar-refractivity contribution in [1.82, 2.24) is 5.48 Å². The van der Waals surface area contributed by atoms with Crippen LogP contribution in [0.4, 0.5) is 11.4 Å². The molecule has 0 bridgehead atoms. The van der Waals surface area contributed by atoms with Crippen molar-refractivity contribution in [2.75, 3.05) is 22.3 Å². The number of fused-ring (bicyclic) bond motifs is 1. The highest BCUT2D eigenvalue weighted by Crippen LogP contribution is 2.37. The van der Waals surface area contributed by atoms with Crippen LogP contribution >= 0.6 is 0 Å². The second-order valence-corrected chi connectivity index (χ2v) is 9.21. The normalized spacial score (nSPS) is 13.8. The van der Waals surface area contributed by atoms with E-state index in [0.29, 0.717) is 25.3 Å². The van der Waals surface area contributed by atoms with Gasteiger partial charge in [0, 0.05) is 19.2 Å². The number of hydroxylamine groups is 1. The molecule has 0 aliphatic carbocycles. The molecule has 0 spiro atoms. The fourth-order valence-electron chi connectivity index (χ4n) is 3.69. The summed E-state index contributed by atoms with van der Waals surface area (Å²) in [5.41, 5.74) is 4.97. The van der Waals surface area contributed by atoms with Crippen LogP contribution in [0.5, 0.6) is 0 Å². The van der Waals surface area contributed by atoms with Crippen LogP contribution in [0.1, 0.15) is 11.1 Å². The lowest BCUT2D eigenvalue weighted by Crippen LogP contribution is -2.43. The van der Waals surface area contributed by atoms with E-state index >= 15 is 0 Å². The van der Waals surface area contributed by atoms with Gasteiger partial charge in [-0.15, -0.1) is 0 Å². The van der Waals surface area contributed by atoms with Gasteiger partial charge in [-0.05, 0) is 41.5 Å². The zero-order valence-electron chi connectivity index (χ0n) is 17.3. The number of nitrogens with zero attached hydrogens (tertiary/aromatic N) is 2. The number of sulfonamides is 1.